The summed E-state index contributed by atoms with van der Waals surface area (Å²) in [4.78, 5) is 14.3. The van der Waals surface area contributed by atoms with Crippen molar-refractivity contribution < 1.29 is 9.53 Å². The van der Waals surface area contributed by atoms with E-state index >= 15 is 0 Å². The van der Waals surface area contributed by atoms with Crippen molar-refractivity contribution in [2.75, 3.05) is 26.8 Å². The average molecular weight is 317 g/mol. The van der Waals surface area contributed by atoms with Crippen molar-refractivity contribution in [1.29, 1.82) is 0 Å². The molecule has 7 heteroatoms. The molecule has 2 amide bonds. The molecule has 3 rings (SSSR count). The van der Waals surface area contributed by atoms with Gasteiger partial charge in [0.25, 0.3) is 0 Å². The number of hydrogen-bond acceptors (Lipinski definition) is 4. The molecule has 0 bridgehead atoms. The van der Waals surface area contributed by atoms with Crippen LogP contribution in [0.4, 0.5) is 4.79 Å². The normalized spacial score (nSPS) is 17.8. The van der Waals surface area contributed by atoms with E-state index in [1.54, 1.807) is 7.11 Å². The number of likely N-dealkylation sites (tertiary alicyclic amines) is 1. The Morgan fingerprint density at radius 3 is 3.17 bits per heavy atom. The number of fused-ring (bicyclic) bond motifs is 1. The Labute approximate surface area is 135 Å². The third-order valence-corrected chi connectivity index (χ3v) is 4.20. The third kappa shape index (κ3) is 3.44. The molecular formula is C16H23N5O2. The van der Waals surface area contributed by atoms with E-state index in [0.717, 1.165) is 50.3 Å². The highest BCUT2D eigenvalue weighted by Crippen LogP contribution is 2.30. The van der Waals surface area contributed by atoms with E-state index in [4.69, 9.17) is 4.74 Å². The monoisotopic (exact) mass is 317 g/mol. The van der Waals surface area contributed by atoms with Gasteiger partial charge in [0.1, 0.15) is 0 Å². The van der Waals surface area contributed by atoms with Crippen LogP contribution in [0.15, 0.2) is 24.4 Å². The zero-order valence-corrected chi connectivity index (χ0v) is 13.4. The number of ether oxygens (including phenoxy) is 1. The Hall–Kier alpha value is -2.15. The zero-order valence-electron chi connectivity index (χ0n) is 13.4. The largest absolute Gasteiger partial charge is 0.385 e. The molecule has 0 radical (unpaired) electrons. The molecule has 1 fully saturated rings. The molecular weight excluding hydrogens is 294 g/mol. The van der Waals surface area contributed by atoms with Gasteiger partial charge in [0.05, 0.1) is 6.04 Å². The van der Waals surface area contributed by atoms with E-state index in [1.807, 2.05) is 33.7 Å². The quantitative estimate of drug-likeness (QED) is 0.827. The van der Waals surface area contributed by atoms with Gasteiger partial charge in [-0.15, -0.1) is 10.2 Å². The average Bonchev–Trinajstić information content (AvgIpc) is 3.20. The fourth-order valence-electron chi connectivity index (χ4n) is 3.03. The smallest absolute Gasteiger partial charge is 0.318 e. The molecule has 0 aliphatic carbocycles. The van der Waals surface area contributed by atoms with Crippen molar-refractivity contribution in [3.05, 3.63) is 30.2 Å². The Kier molecular flexibility index (Phi) is 5.07. The molecule has 23 heavy (non-hydrogen) atoms. The second-order valence-corrected chi connectivity index (χ2v) is 5.77. The fourth-order valence-corrected chi connectivity index (χ4v) is 3.03. The summed E-state index contributed by atoms with van der Waals surface area (Å²) >= 11 is 0. The van der Waals surface area contributed by atoms with Crippen LogP contribution in [0.25, 0.3) is 5.65 Å². The van der Waals surface area contributed by atoms with Gasteiger partial charge in [0.2, 0.25) is 0 Å². The lowest BCUT2D eigenvalue weighted by molar-refractivity contribution is 0.184. The van der Waals surface area contributed by atoms with Gasteiger partial charge in [0, 0.05) is 33.0 Å². The van der Waals surface area contributed by atoms with Crippen LogP contribution >= 0.6 is 0 Å². The molecule has 1 unspecified atom stereocenters. The molecule has 2 aromatic rings. The van der Waals surface area contributed by atoms with E-state index in [0.29, 0.717) is 6.54 Å². The van der Waals surface area contributed by atoms with Gasteiger partial charge in [-0.1, -0.05) is 6.07 Å². The summed E-state index contributed by atoms with van der Waals surface area (Å²) in [6.45, 7) is 2.16. The molecule has 1 aliphatic heterocycles. The lowest BCUT2D eigenvalue weighted by Gasteiger charge is -2.23. The number of urea groups is 1. The number of carbonyl (C=O) groups is 1. The highest BCUT2D eigenvalue weighted by atomic mass is 16.5. The highest BCUT2D eigenvalue weighted by Gasteiger charge is 2.33. The Bertz CT molecular complexity index is 657. The predicted octanol–water partition coefficient (Wildman–Crippen LogP) is 2.00. The van der Waals surface area contributed by atoms with Gasteiger partial charge in [-0.2, -0.15) is 0 Å². The van der Waals surface area contributed by atoms with Crippen molar-refractivity contribution in [2.45, 2.75) is 31.7 Å². The predicted molar refractivity (Wildman–Crippen MR) is 86.2 cm³/mol. The van der Waals surface area contributed by atoms with E-state index in [1.165, 1.54) is 0 Å². The Morgan fingerprint density at radius 2 is 2.30 bits per heavy atom. The second kappa shape index (κ2) is 7.41. The fraction of sp³-hybridized carbons (Fsp3) is 0.562. The molecule has 124 valence electrons. The highest BCUT2D eigenvalue weighted by molar-refractivity contribution is 5.75. The molecule has 0 spiro atoms. The maximum absolute atomic E-state index is 12.4. The minimum Gasteiger partial charge on any atom is -0.385 e. The summed E-state index contributed by atoms with van der Waals surface area (Å²) in [6.07, 6.45) is 5.74. The zero-order chi connectivity index (χ0) is 16.1. The van der Waals surface area contributed by atoms with Crippen molar-refractivity contribution in [3.8, 4) is 0 Å². The minimum atomic E-state index is -0.0161. The number of nitrogens with zero attached hydrogens (tertiary/aromatic N) is 4. The van der Waals surface area contributed by atoms with Crippen LogP contribution in [-0.2, 0) is 4.74 Å². The third-order valence-electron chi connectivity index (χ3n) is 4.20. The number of pyridine rings is 1. The van der Waals surface area contributed by atoms with Crippen molar-refractivity contribution in [2.24, 2.45) is 0 Å². The standard InChI is InChI=1S/C16H23N5O2/c1-23-12-5-3-9-17-16(22)20-11-6-7-13(20)15-19-18-14-8-2-4-10-21(14)15/h2,4,8,10,13H,3,5-7,9,11-12H2,1H3,(H,17,22). The van der Waals surface area contributed by atoms with E-state index in [2.05, 4.69) is 15.5 Å². The summed E-state index contributed by atoms with van der Waals surface area (Å²) in [6, 6.07) is 5.79. The van der Waals surface area contributed by atoms with Crippen LogP contribution in [0.3, 0.4) is 0 Å². The summed E-state index contributed by atoms with van der Waals surface area (Å²) < 4.78 is 6.98. The van der Waals surface area contributed by atoms with E-state index in [9.17, 15) is 4.79 Å². The van der Waals surface area contributed by atoms with Gasteiger partial charge < -0.3 is 15.0 Å². The number of unbranched alkanes of at least 4 members (excludes halogenated alkanes) is 1. The minimum absolute atomic E-state index is 0.00799. The van der Waals surface area contributed by atoms with Crippen molar-refractivity contribution in [1.82, 2.24) is 24.8 Å². The SMILES string of the molecule is COCCCCNC(=O)N1CCCC1c1nnc2ccccn12. The first-order valence-electron chi connectivity index (χ1n) is 8.14. The molecule has 1 aliphatic rings. The summed E-state index contributed by atoms with van der Waals surface area (Å²) in [5, 5.41) is 11.5. The van der Waals surface area contributed by atoms with Crippen LogP contribution in [-0.4, -0.2) is 52.3 Å². The number of methoxy groups -OCH3 is 1. The van der Waals surface area contributed by atoms with Gasteiger partial charge in [-0.3, -0.25) is 4.40 Å². The molecule has 2 aromatic heterocycles. The Morgan fingerprint density at radius 1 is 1.39 bits per heavy atom. The maximum Gasteiger partial charge on any atom is 0.318 e. The van der Waals surface area contributed by atoms with Crippen molar-refractivity contribution in [3.63, 3.8) is 0 Å². The van der Waals surface area contributed by atoms with E-state index < -0.39 is 0 Å². The molecule has 1 N–H and O–H groups in total. The van der Waals surface area contributed by atoms with Gasteiger partial charge >= 0.3 is 6.03 Å². The number of amides is 2. The molecule has 0 saturated carbocycles. The number of nitrogens with one attached hydrogen (secondary N) is 1. The first-order chi connectivity index (χ1) is 11.3. The first kappa shape index (κ1) is 15.7. The molecule has 1 saturated heterocycles. The Balaban J connectivity index is 1.64. The maximum atomic E-state index is 12.4. The summed E-state index contributed by atoms with van der Waals surface area (Å²) in [5.74, 6) is 0.840. The second-order valence-electron chi connectivity index (χ2n) is 5.77. The molecule has 0 aromatic carbocycles. The number of rotatable bonds is 6. The van der Waals surface area contributed by atoms with Crippen LogP contribution in [0.5, 0.6) is 0 Å². The van der Waals surface area contributed by atoms with E-state index in [-0.39, 0.29) is 12.1 Å². The van der Waals surface area contributed by atoms with Gasteiger partial charge in [0.15, 0.2) is 11.5 Å². The molecule has 3 heterocycles. The van der Waals surface area contributed by atoms with Crippen LogP contribution in [0.2, 0.25) is 0 Å². The number of hydrogen-bond donors (Lipinski definition) is 1. The van der Waals surface area contributed by atoms with Crippen LogP contribution in [0.1, 0.15) is 37.5 Å². The van der Waals surface area contributed by atoms with Crippen LogP contribution < -0.4 is 5.32 Å². The lowest BCUT2D eigenvalue weighted by atomic mass is 10.2. The van der Waals surface area contributed by atoms with Crippen molar-refractivity contribution >= 4 is 11.7 Å². The van der Waals surface area contributed by atoms with Crippen LogP contribution in [0, 0.1) is 0 Å². The lowest BCUT2D eigenvalue weighted by Crippen LogP contribution is -2.40. The van der Waals surface area contributed by atoms with Gasteiger partial charge in [-0.05, 0) is 37.8 Å². The number of carbonyl (C=O) groups excluding carboxylic acids is 1. The molecule has 7 nitrogen and oxygen atoms in total. The topological polar surface area (TPSA) is 71.8 Å². The first-order valence-corrected chi connectivity index (χ1v) is 8.14. The number of aromatic nitrogens is 3. The van der Waals surface area contributed by atoms with Gasteiger partial charge in [-0.25, -0.2) is 4.79 Å². The molecule has 1 atom stereocenters. The summed E-state index contributed by atoms with van der Waals surface area (Å²) in [7, 11) is 1.69. The summed E-state index contributed by atoms with van der Waals surface area (Å²) in [5.41, 5.74) is 0.814.